The number of sulfonamides is 1. The number of nitrogens with zero attached hydrogens (tertiary/aromatic N) is 2. The number of hydrogen-bond donors (Lipinski definition) is 0. The molecule has 1 unspecified atom stereocenters. The molecule has 0 N–H and O–H groups in total. The van der Waals surface area contributed by atoms with Crippen LogP contribution in [-0.4, -0.2) is 45.5 Å². The molecule has 0 aromatic heterocycles. The second kappa shape index (κ2) is 9.73. The van der Waals surface area contributed by atoms with Gasteiger partial charge in [0.05, 0.1) is 10.6 Å². The summed E-state index contributed by atoms with van der Waals surface area (Å²) >= 11 is 0. The summed E-state index contributed by atoms with van der Waals surface area (Å²) in [5, 5.41) is 0. The van der Waals surface area contributed by atoms with Crippen molar-refractivity contribution in [1.29, 1.82) is 0 Å². The summed E-state index contributed by atoms with van der Waals surface area (Å²) in [5.74, 6) is 0.498. The Bertz CT molecular complexity index is 981. The Labute approximate surface area is 185 Å². The number of rotatable bonds is 7. The maximum Gasteiger partial charge on any atom is 0.264 e. The number of carbonyl (C=O) groups excluding carboxylic acids is 1. The number of amides is 1. The Kier molecular flexibility index (Phi) is 7.26. The van der Waals surface area contributed by atoms with Gasteiger partial charge in [0.2, 0.25) is 0 Å². The summed E-state index contributed by atoms with van der Waals surface area (Å²) in [6.45, 7) is 3.67. The number of anilines is 1. The molecule has 7 heteroatoms. The summed E-state index contributed by atoms with van der Waals surface area (Å²) in [5.41, 5.74) is 1.52. The first kappa shape index (κ1) is 23.1. The van der Waals surface area contributed by atoms with E-state index in [0.29, 0.717) is 11.4 Å². The molecule has 0 aliphatic heterocycles. The highest BCUT2D eigenvalue weighted by Crippen LogP contribution is 2.26. The van der Waals surface area contributed by atoms with Gasteiger partial charge in [-0.15, -0.1) is 0 Å². The fourth-order valence-electron chi connectivity index (χ4n) is 3.93. The second-order valence-corrected chi connectivity index (χ2v) is 10.2. The molecule has 0 bridgehead atoms. The van der Waals surface area contributed by atoms with Crippen LogP contribution in [0.15, 0.2) is 53.4 Å². The van der Waals surface area contributed by atoms with Crippen LogP contribution >= 0.6 is 0 Å². The molecular formula is C24H32N2O4S. The topological polar surface area (TPSA) is 66.9 Å². The number of benzene rings is 2. The summed E-state index contributed by atoms with van der Waals surface area (Å²) < 4.78 is 32.8. The Morgan fingerprint density at radius 1 is 0.968 bits per heavy atom. The molecule has 1 aliphatic carbocycles. The normalized spacial score (nSPS) is 15.9. The molecule has 1 fully saturated rings. The van der Waals surface area contributed by atoms with E-state index >= 15 is 0 Å². The first-order chi connectivity index (χ1) is 14.7. The van der Waals surface area contributed by atoms with Crippen LogP contribution in [0.25, 0.3) is 0 Å². The van der Waals surface area contributed by atoms with Gasteiger partial charge in [0.1, 0.15) is 5.75 Å². The largest absolute Gasteiger partial charge is 0.481 e. The van der Waals surface area contributed by atoms with Gasteiger partial charge in [0.15, 0.2) is 6.10 Å². The van der Waals surface area contributed by atoms with Crippen molar-refractivity contribution in [2.24, 2.45) is 0 Å². The average molecular weight is 445 g/mol. The van der Waals surface area contributed by atoms with E-state index < -0.39 is 16.1 Å². The van der Waals surface area contributed by atoms with Crippen molar-refractivity contribution in [2.45, 2.75) is 63.0 Å². The minimum atomic E-state index is -3.65. The highest BCUT2D eigenvalue weighted by atomic mass is 32.2. The van der Waals surface area contributed by atoms with Gasteiger partial charge in [0.25, 0.3) is 15.9 Å². The molecule has 31 heavy (non-hydrogen) atoms. The van der Waals surface area contributed by atoms with Gasteiger partial charge in [-0.3, -0.25) is 9.10 Å². The number of hydrogen-bond acceptors (Lipinski definition) is 4. The standard InChI is InChI=1S/C24H32N2O4S/c1-18-10-16-23(17-11-18)31(28,29)26(4)21-12-14-22(15-13-21)30-19(2)24(27)25(3)20-8-6-5-7-9-20/h10-17,19-20H,5-9H2,1-4H3. The lowest BCUT2D eigenvalue weighted by Crippen LogP contribution is -2.44. The summed E-state index contributed by atoms with van der Waals surface area (Å²) in [6.07, 6.45) is 5.06. The zero-order chi connectivity index (χ0) is 22.6. The third-order valence-corrected chi connectivity index (χ3v) is 7.81. The molecule has 0 radical (unpaired) electrons. The Hall–Kier alpha value is -2.54. The molecule has 1 aliphatic rings. The van der Waals surface area contributed by atoms with Gasteiger partial charge in [-0.05, 0) is 63.1 Å². The van der Waals surface area contributed by atoms with E-state index in [-0.39, 0.29) is 16.8 Å². The average Bonchev–Trinajstić information content (AvgIpc) is 2.79. The molecule has 168 valence electrons. The van der Waals surface area contributed by atoms with E-state index in [4.69, 9.17) is 4.74 Å². The van der Waals surface area contributed by atoms with Crippen LogP contribution in [0, 0.1) is 6.92 Å². The predicted molar refractivity (Wildman–Crippen MR) is 123 cm³/mol. The zero-order valence-corrected chi connectivity index (χ0v) is 19.6. The summed E-state index contributed by atoms with van der Waals surface area (Å²) in [7, 11) is -0.273. The molecule has 2 aromatic carbocycles. The minimum Gasteiger partial charge on any atom is -0.481 e. The Morgan fingerprint density at radius 3 is 2.13 bits per heavy atom. The van der Waals surface area contributed by atoms with Gasteiger partial charge in [0, 0.05) is 20.1 Å². The molecule has 1 saturated carbocycles. The monoisotopic (exact) mass is 444 g/mol. The third-order valence-electron chi connectivity index (χ3n) is 6.01. The molecule has 0 heterocycles. The maximum atomic E-state index is 12.9. The van der Waals surface area contributed by atoms with Crippen molar-refractivity contribution in [2.75, 3.05) is 18.4 Å². The van der Waals surface area contributed by atoms with Crippen LogP contribution in [0.3, 0.4) is 0 Å². The predicted octanol–water partition coefficient (Wildman–Crippen LogP) is 4.38. The number of likely N-dealkylation sites (N-methyl/N-ethyl adjacent to an activating group) is 1. The number of ether oxygens (including phenoxy) is 1. The van der Waals surface area contributed by atoms with Crippen molar-refractivity contribution >= 4 is 21.6 Å². The van der Waals surface area contributed by atoms with Gasteiger partial charge < -0.3 is 9.64 Å². The van der Waals surface area contributed by atoms with Crippen molar-refractivity contribution < 1.29 is 17.9 Å². The van der Waals surface area contributed by atoms with Crippen molar-refractivity contribution in [3.63, 3.8) is 0 Å². The maximum absolute atomic E-state index is 12.9. The van der Waals surface area contributed by atoms with E-state index in [2.05, 4.69) is 0 Å². The van der Waals surface area contributed by atoms with Gasteiger partial charge in [-0.1, -0.05) is 37.0 Å². The first-order valence-electron chi connectivity index (χ1n) is 10.8. The van der Waals surface area contributed by atoms with Crippen LogP contribution in [0.5, 0.6) is 5.75 Å². The molecule has 2 aromatic rings. The third kappa shape index (κ3) is 5.39. The Balaban J connectivity index is 1.65. The summed E-state index contributed by atoms with van der Waals surface area (Å²) in [6, 6.07) is 13.8. The van der Waals surface area contributed by atoms with Crippen LogP contribution in [0.2, 0.25) is 0 Å². The SMILES string of the molecule is Cc1ccc(S(=O)(=O)N(C)c2ccc(OC(C)C(=O)N(C)C3CCCCC3)cc2)cc1. The molecule has 3 rings (SSSR count). The van der Waals surface area contributed by atoms with Gasteiger partial charge in [-0.2, -0.15) is 0 Å². The lowest BCUT2D eigenvalue weighted by atomic mass is 9.94. The number of aryl methyl sites for hydroxylation is 1. The fourth-order valence-corrected chi connectivity index (χ4v) is 5.13. The molecule has 6 nitrogen and oxygen atoms in total. The van der Waals surface area contributed by atoms with E-state index in [9.17, 15) is 13.2 Å². The van der Waals surface area contributed by atoms with Crippen molar-refractivity contribution in [1.82, 2.24) is 4.90 Å². The summed E-state index contributed by atoms with van der Waals surface area (Å²) in [4.78, 5) is 14.8. The zero-order valence-electron chi connectivity index (χ0n) is 18.7. The molecular weight excluding hydrogens is 412 g/mol. The van der Waals surface area contributed by atoms with Crippen LogP contribution in [0.4, 0.5) is 5.69 Å². The molecule has 1 amide bonds. The van der Waals surface area contributed by atoms with Crippen LogP contribution in [-0.2, 0) is 14.8 Å². The second-order valence-electron chi connectivity index (χ2n) is 8.28. The van der Waals surface area contributed by atoms with E-state index in [1.807, 2.05) is 18.9 Å². The lowest BCUT2D eigenvalue weighted by molar-refractivity contribution is -0.139. The smallest absolute Gasteiger partial charge is 0.264 e. The number of carbonyl (C=O) groups is 1. The lowest BCUT2D eigenvalue weighted by Gasteiger charge is -2.33. The molecule has 0 saturated heterocycles. The Morgan fingerprint density at radius 2 is 1.55 bits per heavy atom. The quantitative estimate of drug-likeness (QED) is 0.636. The van der Waals surface area contributed by atoms with Crippen LogP contribution < -0.4 is 9.04 Å². The highest BCUT2D eigenvalue weighted by Gasteiger charge is 2.27. The van der Waals surface area contributed by atoms with Gasteiger partial charge in [-0.25, -0.2) is 8.42 Å². The van der Waals surface area contributed by atoms with Crippen LogP contribution in [0.1, 0.15) is 44.6 Å². The van der Waals surface area contributed by atoms with Crippen molar-refractivity contribution in [3.05, 3.63) is 54.1 Å². The fraction of sp³-hybridized carbons (Fsp3) is 0.458. The molecule has 0 spiro atoms. The molecule has 1 atom stereocenters. The van der Waals surface area contributed by atoms with E-state index in [0.717, 1.165) is 31.2 Å². The van der Waals surface area contributed by atoms with E-state index in [1.54, 1.807) is 55.5 Å². The van der Waals surface area contributed by atoms with Gasteiger partial charge >= 0.3 is 0 Å². The van der Waals surface area contributed by atoms with Crippen molar-refractivity contribution in [3.8, 4) is 5.75 Å². The first-order valence-corrected chi connectivity index (χ1v) is 12.2. The highest BCUT2D eigenvalue weighted by molar-refractivity contribution is 7.92. The minimum absolute atomic E-state index is 0.0324. The van der Waals surface area contributed by atoms with E-state index in [1.165, 1.54) is 17.8 Å².